The summed E-state index contributed by atoms with van der Waals surface area (Å²) >= 11 is 0. The molecule has 1 atom stereocenters. The summed E-state index contributed by atoms with van der Waals surface area (Å²) in [7, 11) is 3.62. The average Bonchev–Trinajstić information content (AvgIpc) is 3.39. The van der Waals surface area contributed by atoms with E-state index in [4.69, 9.17) is 0 Å². The van der Waals surface area contributed by atoms with Crippen LogP contribution in [0.15, 0.2) is 23.2 Å². The Labute approximate surface area is 168 Å². The lowest BCUT2D eigenvalue weighted by Crippen LogP contribution is -2.45. The normalized spacial score (nSPS) is 16.2. The van der Waals surface area contributed by atoms with Gasteiger partial charge in [-0.2, -0.15) is 13.2 Å². The van der Waals surface area contributed by atoms with E-state index in [-0.39, 0.29) is 42.1 Å². The van der Waals surface area contributed by atoms with E-state index in [0.29, 0.717) is 24.6 Å². The monoisotopic (exact) mass is 488 g/mol. The number of rotatable bonds is 6. The molecule has 1 aliphatic rings. The van der Waals surface area contributed by atoms with Crippen LogP contribution in [0, 0.1) is 5.82 Å². The maximum Gasteiger partial charge on any atom is 0.416 e. The molecule has 0 heterocycles. The van der Waals surface area contributed by atoms with Gasteiger partial charge in [0.05, 0.1) is 5.56 Å². The number of nitrogens with one attached hydrogen (secondary N) is 2. The van der Waals surface area contributed by atoms with Crippen LogP contribution in [0.2, 0.25) is 0 Å². The van der Waals surface area contributed by atoms with E-state index in [1.165, 1.54) is 12.8 Å². The summed E-state index contributed by atoms with van der Waals surface area (Å²) in [4.78, 5) is 6.30. The molecule has 1 aromatic carbocycles. The summed E-state index contributed by atoms with van der Waals surface area (Å²) < 4.78 is 52.2. The van der Waals surface area contributed by atoms with Gasteiger partial charge in [-0.15, -0.1) is 24.0 Å². The standard InChI is InChI=1S/C17H24F4N4.HI/c1-11(25(3)14-6-7-14)9-23-16(22-2)24-10-12-4-5-13(18)8-15(12)17(19,20)21;/h4-5,8,11,14H,6-7,9-10H2,1-3H3,(H2,22,23,24);1H. The minimum absolute atomic E-state index is 0. The molecular formula is C17H25F4IN4. The highest BCUT2D eigenvalue weighted by molar-refractivity contribution is 14.0. The summed E-state index contributed by atoms with van der Waals surface area (Å²) in [5.41, 5.74) is -1.00. The van der Waals surface area contributed by atoms with Gasteiger partial charge in [-0.05, 0) is 44.5 Å². The third-order valence-electron chi connectivity index (χ3n) is 4.43. The molecule has 9 heteroatoms. The van der Waals surface area contributed by atoms with Crippen molar-refractivity contribution in [3.8, 4) is 0 Å². The molecule has 0 radical (unpaired) electrons. The van der Waals surface area contributed by atoms with Crippen molar-refractivity contribution in [2.45, 2.75) is 44.6 Å². The van der Waals surface area contributed by atoms with Crippen molar-refractivity contribution in [1.82, 2.24) is 15.5 Å². The third-order valence-corrected chi connectivity index (χ3v) is 4.43. The fourth-order valence-corrected chi connectivity index (χ4v) is 2.60. The van der Waals surface area contributed by atoms with Gasteiger partial charge >= 0.3 is 6.18 Å². The van der Waals surface area contributed by atoms with Crippen LogP contribution in [0.25, 0.3) is 0 Å². The molecule has 0 aliphatic heterocycles. The summed E-state index contributed by atoms with van der Waals surface area (Å²) in [6, 6.07) is 3.58. The summed E-state index contributed by atoms with van der Waals surface area (Å²) in [5, 5.41) is 5.97. The van der Waals surface area contributed by atoms with Crippen LogP contribution in [0.1, 0.15) is 30.9 Å². The Morgan fingerprint density at radius 3 is 2.50 bits per heavy atom. The first-order valence-electron chi connectivity index (χ1n) is 8.24. The molecule has 0 saturated heterocycles. The Morgan fingerprint density at radius 2 is 1.96 bits per heavy atom. The molecule has 26 heavy (non-hydrogen) atoms. The van der Waals surface area contributed by atoms with Crippen LogP contribution in [0.3, 0.4) is 0 Å². The maximum atomic E-state index is 13.1. The second kappa shape index (κ2) is 9.72. The predicted molar refractivity (Wildman–Crippen MR) is 105 cm³/mol. The number of hydrogen-bond acceptors (Lipinski definition) is 2. The van der Waals surface area contributed by atoms with Gasteiger partial charge in [0, 0.05) is 32.2 Å². The minimum atomic E-state index is -4.60. The fourth-order valence-electron chi connectivity index (χ4n) is 2.60. The van der Waals surface area contributed by atoms with Crippen molar-refractivity contribution in [2.75, 3.05) is 20.6 Å². The van der Waals surface area contributed by atoms with E-state index in [0.717, 1.165) is 12.1 Å². The van der Waals surface area contributed by atoms with Crippen LogP contribution in [-0.4, -0.2) is 43.6 Å². The zero-order valence-electron chi connectivity index (χ0n) is 15.0. The highest BCUT2D eigenvalue weighted by atomic mass is 127. The Balaban J connectivity index is 0.00000338. The molecule has 1 unspecified atom stereocenters. The number of likely N-dealkylation sites (N-methyl/N-ethyl adjacent to an activating group) is 1. The molecule has 1 fully saturated rings. The van der Waals surface area contributed by atoms with Crippen LogP contribution < -0.4 is 10.6 Å². The SMILES string of the molecule is CN=C(NCc1ccc(F)cc1C(F)(F)F)NCC(C)N(C)C1CC1.I. The Kier molecular flexibility index (Phi) is 8.58. The lowest BCUT2D eigenvalue weighted by molar-refractivity contribution is -0.138. The van der Waals surface area contributed by atoms with Crippen LogP contribution in [-0.2, 0) is 12.7 Å². The zero-order chi connectivity index (χ0) is 18.6. The number of hydrogen-bond donors (Lipinski definition) is 2. The van der Waals surface area contributed by atoms with Crippen molar-refractivity contribution in [2.24, 2.45) is 4.99 Å². The number of benzene rings is 1. The number of nitrogens with zero attached hydrogens (tertiary/aromatic N) is 2. The van der Waals surface area contributed by atoms with E-state index in [1.807, 2.05) is 0 Å². The molecule has 2 rings (SSSR count). The van der Waals surface area contributed by atoms with Gasteiger partial charge in [0.25, 0.3) is 0 Å². The molecular weight excluding hydrogens is 463 g/mol. The molecule has 4 nitrogen and oxygen atoms in total. The molecule has 0 spiro atoms. The Morgan fingerprint density at radius 1 is 1.31 bits per heavy atom. The molecule has 1 aliphatic carbocycles. The fraction of sp³-hybridized carbons (Fsp3) is 0.588. The summed E-state index contributed by atoms with van der Waals surface area (Å²) in [6.07, 6.45) is -2.19. The molecule has 2 N–H and O–H groups in total. The Bertz CT molecular complexity index is 617. The lowest BCUT2D eigenvalue weighted by Gasteiger charge is -2.25. The molecule has 1 aromatic rings. The maximum absolute atomic E-state index is 13.1. The largest absolute Gasteiger partial charge is 0.416 e. The predicted octanol–water partition coefficient (Wildman–Crippen LogP) is 3.61. The van der Waals surface area contributed by atoms with Gasteiger partial charge in [-0.1, -0.05) is 6.07 Å². The number of aliphatic imine (C=N–C) groups is 1. The first-order valence-corrected chi connectivity index (χ1v) is 8.24. The van der Waals surface area contributed by atoms with E-state index < -0.39 is 17.6 Å². The molecule has 1 saturated carbocycles. The second-order valence-electron chi connectivity index (χ2n) is 6.35. The van der Waals surface area contributed by atoms with Crippen molar-refractivity contribution >= 4 is 29.9 Å². The van der Waals surface area contributed by atoms with Gasteiger partial charge in [0.15, 0.2) is 5.96 Å². The van der Waals surface area contributed by atoms with E-state index in [9.17, 15) is 17.6 Å². The smallest absolute Gasteiger partial charge is 0.355 e. The van der Waals surface area contributed by atoms with E-state index >= 15 is 0 Å². The van der Waals surface area contributed by atoms with Crippen molar-refractivity contribution in [3.05, 3.63) is 35.1 Å². The van der Waals surface area contributed by atoms with Crippen LogP contribution >= 0.6 is 24.0 Å². The van der Waals surface area contributed by atoms with Gasteiger partial charge < -0.3 is 10.6 Å². The van der Waals surface area contributed by atoms with Gasteiger partial charge in [0.1, 0.15) is 5.82 Å². The number of alkyl halides is 3. The Hall–Kier alpha value is -1.10. The first-order chi connectivity index (χ1) is 11.7. The van der Waals surface area contributed by atoms with Crippen molar-refractivity contribution in [3.63, 3.8) is 0 Å². The highest BCUT2D eigenvalue weighted by Crippen LogP contribution is 2.32. The van der Waals surface area contributed by atoms with E-state index in [1.54, 1.807) is 7.05 Å². The molecule has 148 valence electrons. The lowest BCUT2D eigenvalue weighted by atomic mass is 10.1. The molecule has 0 bridgehead atoms. The van der Waals surface area contributed by atoms with Crippen molar-refractivity contribution in [1.29, 1.82) is 0 Å². The zero-order valence-corrected chi connectivity index (χ0v) is 17.4. The average molecular weight is 488 g/mol. The van der Waals surface area contributed by atoms with Crippen LogP contribution in [0.5, 0.6) is 0 Å². The molecule has 0 aromatic heterocycles. The van der Waals surface area contributed by atoms with E-state index in [2.05, 4.69) is 34.5 Å². The summed E-state index contributed by atoms with van der Waals surface area (Å²) in [5.74, 6) is -0.496. The first kappa shape index (κ1) is 22.9. The minimum Gasteiger partial charge on any atom is -0.355 e. The van der Waals surface area contributed by atoms with Gasteiger partial charge in [0.2, 0.25) is 0 Å². The van der Waals surface area contributed by atoms with Crippen LogP contribution in [0.4, 0.5) is 17.6 Å². The number of halogens is 5. The van der Waals surface area contributed by atoms with Crippen molar-refractivity contribution < 1.29 is 17.6 Å². The molecule has 0 amide bonds. The second-order valence-corrected chi connectivity index (χ2v) is 6.35. The topological polar surface area (TPSA) is 39.7 Å². The third kappa shape index (κ3) is 6.57. The summed E-state index contributed by atoms with van der Waals surface area (Å²) in [6.45, 7) is 2.62. The van der Waals surface area contributed by atoms with Gasteiger partial charge in [-0.25, -0.2) is 4.39 Å². The quantitative estimate of drug-likeness (QED) is 0.278. The number of guanidine groups is 1. The highest BCUT2D eigenvalue weighted by Gasteiger charge is 2.33. The van der Waals surface area contributed by atoms with Gasteiger partial charge in [-0.3, -0.25) is 9.89 Å².